The summed E-state index contributed by atoms with van der Waals surface area (Å²) in [5.74, 6) is 0. The maximum absolute atomic E-state index is 10.1. The van der Waals surface area contributed by atoms with E-state index in [2.05, 4.69) is 6.92 Å². The molecule has 1 N–H and O–H groups in total. The largest absolute Gasteiger partial charge is 0.387 e. The van der Waals surface area contributed by atoms with Crippen molar-refractivity contribution in [1.82, 2.24) is 0 Å². The fourth-order valence-corrected chi connectivity index (χ4v) is 3.15. The summed E-state index contributed by atoms with van der Waals surface area (Å²) in [5, 5.41) is 10.1. The van der Waals surface area contributed by atoms with Crippen LogP contribution in [-0.2, 0) is 4.74 Å². The van der Waals surface area contributed by atoms with Gasteiger partial charge < -0.3 is 9.84 Å². The highest BCUT2D eigenvalue weighted by Gasteiger charge is 2.35. The molecule has 0 heterocycles. The number of rotatable bonds is 19. The molecule has 158 valence electrons. The second-order valence-electron chi connectivity index (χ2n) is 9.22. The van der Waals surface area contributed by atoms with E-state index >= 15 is 0 Å². The Kier molecular flexibility index (Phi) is 15.9. The van der Waals surface area contributed by atoms with Gasteiger partial charge in [-0.05, 0) is 34.1 Å². The molecule has 0 aliphatic heterocycles. The summed E-state index contributed by atoms with van der Waals surface area (Å²) < 4.78 is 5.86. The van der Waals surface area contributed by atoms with Crippen molar-refractivity contribution in [2.24, 2.45) is 0 Å². The van der Waals surface area contributed by atoms with E-state index in [1.807, 2.05) is 27.7 Å². The van der Waals surface area contributed by atoms with Crippen LogP contribution in [0.4, 0.5) is 0 Å². The lowest BCUT2D eigenvalue weighted by Gasteiger charge is -2.37. The van der Waals surface area contributed by atoms with Crippen molar-refractivity contribution in [3.63, 3.8) is 0 Å². The predicted molar refractivity (Wildman–Crippen MR) is 116 cm³/mol. The third-order valence-electron chi connectivity index (χ3n) is 5.93. The molecule has 0 spiro atoms. The van der Waals surface area contributed by atoms with Gasteiger partial charge in [0.05, 0.1) is 11.2 Å². The van der Waals surface area contributed by atoms with Gasteiger partial charge in [0, 0.05) is 6.61 Å². The number of hydrogen-bond acceptors (Lipinski definition) is 2. The minimum absolute atomic E-state index is 0.470. The molecule has 0 saturated carbocycles. The van der Waals surface area contributed by atoms with Crippen molar-refractivity contribution >= 4 is 0 Å². The summed E-state index contributed by atoms with van der Waals surface area (Å²) in [5.41, 5.74) is -1.26. The van der Waals surface area contributed by atoms with Crippen molar-refractivity contribution in [3.05, 3.63) is 0 Å². The van der Waals surface area contributed by atoms with Gasteiger partial charge in [-0.15, -0.1) is 0 Å². The molecule has 0 aromatic carbocycles. The topological polar surface area (TPSA) is 29.5 Å². The Bertz CT molecular complexity index is 291. The molecule has 0 fully saturated rings. The van der Waals surface area contributed by atoms with Crippen LogP contribution in [-0.4, -0.2) is 22.9 Å². The van der Waals surface area contributed by atoms with Crippen LogP contribution < -0.4 is 0 Å². The first-order chi connectivity index (χ1) is 12.3. The summed E-state index contributed by atoms with van der Waals surface area (Å²) in [6.07, 6.45) is 22.2. The van der Waals surface area contributed by atoms with Gasteiger partial charge in [-0.3, -0.25) is 0 Å². The molecule has 0 aliphatic rings. The summed E-state index contributed by atoms with van der Waals surface area (Å²) in [4.78, 5) is 0. The SMILES string of the molecule is CCCCCCCCCCCCCCCCCCOC(C)(C)C(C)(C)O. The van der Waals surface area contributed by atoms with Gasteiger partial charge in [0.25, 0.3) is 0 Å². The van der Waals surface area contributed by atoms with Crippen LogP contribution in [0.5, 0.6) is 0 Å². The summed E-state index contributed by atoms with van der Waals surface area (Å²) in [6, 6.07) is 0. The average molecular weight is 371 g/mol. The normalized spacial score (nSPS) is 12.7. The first-order valence-electron chi connectivity index (χ1n) is 11.7. The van der Waals surface area contributed by atoms with E-state index in [4.69, 9.17) is 4.74 Å². The minimum atomic E-state index is -0.790. The van der Waals surface area contributed by atoms with Crippen LogP contribution in [0.25, 0.3) is 0 Å². The highest BCUT2D eigenvalue weighted by Crippen LogP contribution is 2.25. The molecule has 0 radical (unpaired) electrons. The monoisotopic (exact) mass is 370 g/mol. The third kappa shape index (κ3) is 15.0. The predicted octanol–water partition coefficient (Wildman–Crippen LogP) is 7.81. The molecule has 0 atom stereocenters. The first kappa shape index (κ1) is 25.9. The van der Waals surface area contributed by atoms with Crippen LogP contribution in [0.3, 0.4) is 0 Å². The zero-order chi connectivity index (χ0) is 19.7. The van der Waals surface area contributed by atoms with Crippen molar-refractivity contribution in [3.8, 4) is 0 Å². The third-order valence-corrected chi connectivity index (χ3v) is 5.93. The Hall–Kier alpha value is -0.0800. The van der Waals surface area contributed by atoms with Crippen molar-refractivity contribution < 1.29 is 9.84 Å². The molecule has 26 heavy (non-hydrogen) atoms. The van der Waals surface area contributed by atoms with Gasteiger partial charge in [0.2, 0.25) is 0 Å². The van der Waals surface area contributed by atoms with E-state index < -0.39 is 11.2 Å². The molecule has 0 unspecified atom stereocenters. The van der Waals surface area contributed by atoms with E-state index in [0.29, 0.717) is 0 Å². The maximum Gasteiger partial charge on any atom is 0.0906 e. The highest BCUT2D eigenvalue weighted by atomic mass is 16.5. The fourth-order valence-electron chi connectivity index (χ4n) is 3.15. The lowest BCUT2D eigenvalue weighted by molar-refractivity contribution is -0.147. The van der Waals surface area contributed by atoms with Gasteiger partial charge in [-0.25, -0.2) is 0 Å². The summed E-state index contributed by atoms with van der Waals surface area (Å²) in [6.45, 7) is 10.6. The van der Waals surface area contributed by atoms with Crippen LogP contribution in [0, 0.1) is 0 Å². The van der Waals surface area contributed by atoms with Gasteiger partial charge in [-0.2, -0.15) is 0 Å². The Morgan fingerprint density at radius 1 is 0.538 bits per heavy atom. The number of hydrogen-bond donors (Lipinski definition) is 1. The molecular formula is C24H50O2. The Labute approximate surface area is 165 Å². The van der Waals surface area contributed by atoms with Crippen LogP contribution in [0.15, 0.2) is 0 Å². The summed E-state index contributed by atoms with van der Waals surface area (Å²) >= 11 is 0. The second-order valence-corrected chi connectivity index (χ2v) is 9.22. The Morgan fingerprint density at radius 2 is 0.846 bits per heavy atom. The van der Waals surface area contributed by atoms with Crippen molar-refractivity contribution in [1.29, 1.82) is 0 Å². The molecule has 2 heteroatoms. The highest BCUT2D eigenvalue weighted by molar-refractivity contribution is 4.87. The van der Waals surface area contributed by atoms with E-state index in [-0.39, 0.29) is 0 Å². The zero-order valence-electron chi connectivity index (χ0n) is 18.9. The van der Waals surface area contributed by atoms with Crippen molar-refractivity contribution in [2.45, 2.75) is 149 Å². The lowest BCUT2D eigenvalue weighted by Crippen LogP contribution is -2.47. The van der Waals surface area contributed by atoms with E-state index in [9.17, 15) is 5.11 Å². The molecule has 0 aromatic rings. The summed E-state index contributed by atoms with van der Waals surface area (Å²) in [7, 11) is 0. The van der Waals surface area contributed by atoms with Gasteiger partial charge in [-0.1, -0.05) is 103 Å². The molecule has 0 saturated heterocycles. The Balaban J connectivity index is 3.21. The molecular weight excluding hydrogens is 320 g/mol. The van der Waals surface area contributed by atoms with E-state index in [0.717, 1.165) is 13.0 Å². The second kappa shape index (κ2) is 15.9. The lowest BCUT2D eigenvalue weighted by atomic mass is 9.89. The number of ether oxygens (including phenoxy) is 1. The fraction of sp³-hybridized carbons (Fsp3) is 1.00. The molecule has 0 bridgehead atoms. The van der Waals surface area contributed by atoms with Gasteiger partial charge in [0.1, 0.15) is 0 Å². The molecule has 0 amide bonds. The standard InChI is InChI=1S/C24H50O2/c1-6-7-8-9-10-11-12-13-14-15-16-17-18-19-20-21-22-26-24(4,5)23(2,3)25/h25H,6-22H2,1-5H3. The molecule has 0 rings (SSSR count). The van der Waals surface area contributed by atoms with Gasteiger partial charge in [0.15, 0.2) is 0 Å². The molecule has 2 nitrogen and oxygen atoms in total. The van der Waals surface area contributed by atoms with Crippen LogP contribution >= 0.6 is 0 Å². The Morgan fingerprint density at radius 3 is 1.15 bits per heavy atom. The first-order valence-corrected chi connectivity index (χ1v) is 11.7. The average Bonchev–Trinajstić information content (AvgIpc) is 2.56. The molecule has 0 aliphatic carbocycles. The quantitative estimate of drug-likeness (QED) is 0.235. The van der Waals surface area contributed by atoms with E-state index in [1.54, 1.807) is 0 Å². The van der Waals surface area contributed by atoms with Crippen molar-refractivity contribution in [2.75, 3.05) is 6.61 Å². The van der Waals surface area contributed by atoms with Crippen LogP contribution in [0.2, 0.25) is 0 Å². The van der Waals surface area contributed by atoms with Gasteiger partial charge >= 0.3 is 0 Å². The van der Waals surface area contributed by atoms with Crippen LogP contribution in [0.1, 0.15) is 137 Å². The number of unbranched alkanes of at least 4 members (excludes halogenated alkanes) is 15. The number of aliphatic hydroxyl groups is 1. The zero-order valence-corrected chi connectivity index (χ0v) is 18.9. The van der Waals surface area contributed by atoms with E-state index in [1.165, 1.54) is 96.3 Å². The minimum Gasteiger partial charge on any atom is -0.387 e. The maximum atomic E-state index is 10.1. The molecule has 0 aromatic heterocycles. The smallest absolute Gasteiger partial charge is 0.0906 e.